The van der Waals surface area contributed by atoms with Crippen molar-refractivity contribution in [2.24, 2.45) is 0 Å². The highest BCUT2D eigenvalue weighted by Crippen LogP contribution is 2.43. The zero-order valence-corrected chi connectivity index (χ0v) is 6.63. The van der Waals surface area contributed by atoms with Crippen LogP contribution in [0.4, 0.5) is 0 Å². The highest BCUT2D eigenvalue weighted by atomic mass is 32.2. The number of hydrogen-bond acceptors (Lipinski definition) is 3. The molecule has 2 aliphatic heterocycles. The molecule has 0 aromatic carbocycles. The van der Waals surface area contributed by atoms with Crippen molar-refractivity contribution in [1.82, 2.24) is 0 Å². The quantitative estimate of drug-likeness (QED) is 0.535. The highest BCUT2D eigenvalue weighted by molar-refractivity contribution is 8.16. The van der Waals surface area contributed by atoms with E-state index < -0.39 is 0 Å². The topological polar surface area (TPSA) is 17.1 Å². The molecule has 0 aliphatic carbocycles. The van der Waals surface area contributed by atoms with Gasteiger partial charge in [-0.3, -0.25) is 4.79 Å². The minimum absolute atomic E-state index is 0.414. The molecule has 1 nitrogen and oxygen atoms in total. The third-order valence-corrected chi connectivity index (χ3v) is 4.66. The van der Waals surface area contributed by atoms with Gasteiger partial charge in [0.2, 0.25) is 0 Å². The van der Waals surface area contributed by atoms with Crippen molar-refractivity contribution >= 4 is 28.6 Å². The summed E-state index contributed by atoms with van der Waals surface area (Å²) in [7, 11) is 0. The second kappa shape index (κ2) is 2.20. The maximum Gasteiger partial charge on any atom is 0.190 e. The van der Waals surface area contributed by atoms with Crippen LogP contribution in [0.1, 0.15) is 12.8 Å². The van der Waals surface area contributed by atoms with Gasteiger partial charge >= 0.3 is 0 Å². The Kier molecular flexibility index (Phi) is 1.49. The van der Waals surface area contributed by atoms with Crippen LogP contribution in [0.5, 0.6) is 0 Å². The van der Waals surface area contributed by atoms with Gasteiger partial charge in [-0.2, -0.15) is 11.8 Å². The Morgan fingerprint density at radius 2 is 2.33 bits per heavy atom. The maximum atomic E-state index is 10.8. The molecule has 50 valence electrons. The van der Waals surface area contributed by atoms with Gasteiger partial charge in [-0.1, -0.05) is 11.8 Å². The van der Waals surface area contributed by atoms with Crippen LogP contribution in [0, 0.1) is 0 Å². The molecule has 2 heterocycles. The van der Waals surface area contributed by atoms with Gasteiger partial charge in [0.1, 0.15) is 0 Å². The lowest BCUT2D eigenvalue weighted by Crippen LogP contribution is -2.04. The van der Waals surface area contributed by atoms with E-state index in [4.69, 9.17) is 0 Å². The normalized spacial score (nSPS) is 41.6. The van der Waals surface area contributed by atoms with Gasteiger partial charge in [0.15, 0.2) is 5.12 Å². The largest absolute Gasteiger partial charge is 0.287 e. The third kappa shape index (κ3) is 1.01. The van der Waals surface area contributed by atoms with Crippen LogP contribution in [-0.2, 0) is 4.79 Å². The number of carbonyl (C=O) groups excluding carboxylic acids is 1. The monoisotopic (exact) mass is 160 g/mol. The standard InChI is InChI=1S/C6H8OS2/c7-6-3-5-4(9-6)1-2-8-5/h4-5H,1-3H2. The Bertz CT molecular complexity index is 132. The van der Waals surface area contributed by atoms with Crippen LogP contribution in [0.3, 0.4) is 0 Å². The van der Waals surface area contributed by atoms with Crippen molar-refractivity contribution in [3.8, 4) is 0 Å². The number of thioether (sulfide) groups is 2. The highest BCUT2D eigenvalue weighted by Gasteiger charge is 2.37. The van der Waals surface area contributed by atoms with Crippen molar-refractivity contribution in [2.75, 3.05) is 5.75 Å². The summed E-state index contributed by atoms with van der Waals surface area (Å²) < 4.78 is 0. The smallest absolute Gasteiger partial charge is 0.190 e. The van der Waals surface area contributed by atoms with Gasteiger partial charge in [-0.15, -0.1) is 0 Å². The van der Waals surface area contributed by atoms with E-state index in [2.05, 4.69) is 0 Å². The molecule has 9 heavy (non-hydrogen) atoms. The average molecular weight is 160 g/mol. The van der Waals surface area contributed by atoms with Gasteiger partial charge in [-0.25, -0.2) is 0 Å². The minimum Gasteiger partial charge on any atom is -0.287 e. The molecule has 2 rings (SSSR count). The molecular formula is C6H8OS2. The molecule has 2 saturated heterocycles. The zero-order valence-electron chi connectivity index (χ0n) is 5.00. The van der Waals surface area contributed by atoms with E-state index in [0.717, 1.165) is 6.42 Å². The van der Waals surface area contributed by atoms with Crippen molar-refractivity contribution in [3.63, 3.8) is 0 Å². The van der Waals surface area contributed by atoms with E-state index in [1.807, 2.05) is 11.8 Å². The molecule has 2 fully saturated rings. The van der Waals surface area contributed by atoms with Crippen LogP contribution in [-0.4, -0.2) is 21.4 Å². The maximum absolute atomic E-state index is 10.8. The summed E-state index contributed by atoms with van der Waals surface area (Å²) in [5, 5.41) is 1.78. The second-order valence-corrected chi connectivity index (χ2v) is 5.07. The molecule has 0 aromatic heterocycles. The van der Waals surface area contributed by atoms with E-state index in [9.17, 15) is 4.79 Å². The predicted molar refractivity (Wildman–Crippen MR) is 41.9 cm³/mol. The van der Waals surface area contributed by atoms with E-state index >= 15 is 0 Å². The Hall–Kier alpha value is 0.370. The fourth-order valence-corrected chi connectivity index (χ4v) is 4.40. The van der Waals surface area contributed by atoms with Crippen LogP contribution in [0.25, 0.3) is 0 Å². The van der Waals surface area contributed by atoms with Crippen molar-refractivity contribution in [1.29, 1.82) is 0 Å². The molecule has 0 bridgehead atoms. The molecule has 2 atom stereocenters. The molecule has 0 saturated carbocycles. The first-order chi connectivity index (χ1) is 4.36. The van der Waals surface area contributed by atoms with Gasteiger partial charge in [-0.05, 0) is 12.2 Å². The summed E-state index contributed by atoms with van der Waals surface area (Å²) in [5.41, 5.74) is 0. The molecule has 2 aliphatic rings. The number of rotatable bonds is 0. The lowest BCUT2D eigenvalue weighted by molar-refractivity contribution is -0.110. The number of carbonyl (C=O) groups is 1. The van der Waals surface area contributed by atoms with E-state index in [1.165, 1.54) is 12.2 Å². The number of hydrogen-bond donors (Lipinski definition) is 0. The summed E-state index contributed by atoms with van der Waals surface area (Å²) in [6.45, 7) is 0. The summed E-state index contributed by atoms with van der Waals surface area (Å²) in [6.07, 6.45) is 2.09. The summed E-state index contributed by atoms with van der Waals surface area (Å²) in [4.78, 5) is 10.8. The van der Waals surface area contributed by atoms with Gasteiger partial charge in [0, 0.05) is 16.9 Å². The Morgan fingerprint density at radius 1 is 1.44 bits per heavy atom. The first-order valence-corrected chi connectivity index (χ1v) is 5.10. The fourth-order valence-electron chi connectivity index (χ4n) is 1.34. The Morgan fingerprint density at radius 3 is 3.11 bits per heavy atom. The second-order valence-electron chi connectivity index (χ2n) is 2.43. The first-order valence-electron chi connectivity index (χ1n) is 3.17. The Labute approximate surface area is 63.0 Å². The number of fused-ring (bicyclic) bond motifs is 1. The first kappa shape index (κ1) is 6.10. The minimum atomic E-state index is 0.414. The van der Waals surface area contributed by atoms with Crippen LogP contribution in [0.15, 0.2) is 0 Å². The van der Waals surface area contributed by atoms with Gasteiger partial charge in [0.25, 0.3) is 0 Å². The molecule has 0 N–H and O–H groups in total. The van der Waals surface area contributed by atoms with E-state index in [1.54, 1.807) is 11.8 Å². The Balaban J connectivity index is 2.09. The molecule has 0 aromatic rings. The summed E-state index contributed by atoms with van der Waals surface area (Å²) >= 11 is 3.55. The molecule has 0 radical (unpaired) electrons. The SMILES string of the molecule is O=C1CC2SCCC2S1. The van der Waals surface area contributed by atoms with Crippen molar-refractivity contribution < 1.29 is 4.79 Å². The van der Waals surface area contributed by atoms with Crippen LogP contribution >= 0.6 is 23.5 Å². The summed E-state index contributed by atoms with van der Waals surface area (Å²) in [5.74, 6) is 1.27. The van der Waals surface area contributed by atoms with E-state index in [-0.39, 0.29) is 0 Å². The van der Waals surface area contributed by atoms with Crippen molar-refractivity contribution in [2.45, 2.75) is 23.3 Å². The molecule has 0 spiro atoms. The van der Waals surface area contributed by atoms with Crippen molar-refractivity contribution in [3.05, 3.63) is 0 Å². The fraction of sp³-hybridized carbons (Fsp3) is 0.833. The molecular weight excluding hydrogens is 152 g/mol. The predicted octanol–water partition coefficient (Wildman–Crippen LogP) is 1.52. The molecule has 2 unspecified atom stereocenters. The van der Waals surface area contributed by atoms with Gasteiger partial charge < -0.3 is 0 Å². The molecule has 3 heteroatoms. The molecule has 0 amide bonds. The van der Waals surface area contributed by atoms with Crippen LogP contribution in [0.2, 0.25) is 0 Å². The van der Waals surface area contributed by atoms with E-state index in [0.29, 0.717) is 15.6 Å². The lowest BCUT2D eigenvalue weighted by Gasteiger charge is -2.00. The summed E-state index contributed by atoms with van der Waals surface area (Å²) in [6, 6.07) is 0. The third-order valence-electron chi connectivity index (χ3n) is 1.80. The van der Waals surface area contributed by atoms with Crippen LogP contribution < -0.4 is 0 Å². The average Bonchev–Trinajstić information content (AvgIpc) is 2.22. The lowest BCUT2D eigenvalue weighted by atomic mass is 10.2. The zero-order chi connectivity index (χ0) is 6.27. The van der Waals surface area contributed by atoms with Gasteiger partial charge in [0.05, 0.1) is 0 Å².